The monoisotopic (exact) mass is 699 g/mol. The number of hydrogen-bond acceptors (Lipinski definition) is 2. The fourth-order valence-electron chi connectivity index (χ4n) is 8.27. The van der Waals surface area contributed by atoms with Crippen molar-refractivity contribution in [2.75, 3.05) is 0 Å². The highest BCUT2D eigenvalue weighted by molar-refractivity contribution is 6.09. The van der Waals surface area contributed by atoms with Gasteiger partial charge in [-0.15, -0.1) is 0 Å². The van der Waals surface area contributed by atoms with Gasteiger partial charge in [-0.25, -0.2) is 9.97 Å². The molecule has 3 heteroatoms. The highest BCUT2D eigenvalue weighted by Crippen LogP contribution is 2.36. The first-order valence-corrected chi connectivity index (χ1v) is 18.7. The second kappa shape index (κ2) is 12.6. The summed E-state index contributed by atoms with van der Waals surface area (Å²) >= 11 is 0. The Kier molecular flexibility index (Phi) is 7.17. The Hall–Kier alpha value is -7.36. The highest BCUT2D eigenvalue weighted by atomic mass is 15.0. The third kappa shape index (κ3) is 5.28. The summed E-state index contributed by atoms with van der Waals surface area (Å²) in [5, 5.41) is 8.36. The lowest BCUT2D eigenvalue weighted by atomic mass is 9.96. The van der Waals surface area contributed by atoms with Crippen molar-refractivity contribution < 1.29 is 0 Å². The van der Waals surface area contributed by atoms with Gasteiger partial charge >= 0.3 is 0 Å². The molecule has 0 saturated carbocycles. The lowest BCUT2D eigenvalue weighted by Crippen LogP contribution is -1.96. The third-order valence-electron chi connectivity index (χ3n) is 11.0. The smallest absolute Gasteiger partial charge is 0.161 e. The molecule has 0 aliphatic carbocycles. The van der Waals surface area contributed by atoms with E-state index in [2.05, 4.69) is 199 Å². The number of hydrogen-bond donors (Lipinski definition) is 0. The molecular weight excluding hydrogens is 667 g/mol. The molecule has 0 N–H and O–H groups in total. The molecular formula is C52H33N3. The van der Waals surface area contributed by atoms with Crippen molar-refractivity contribution in [3.05, 3.63) is 200 Å². The molecule has 0 saturated heterocycles. The predicted molar refractivity (Wildman–Crippen MR) is 231 cm³/mol. The molecule has 2 aromatic heterocycles. The lowest BCUT2D eigenvalue weighted by Gasteiger charge is -2.12. The minimum atomic E-state index is 0.738. The van der Waals surface area contributed by atoms with Crippen molar-refractivity contribution in [2.45, 2.75) is 0 Å². The van der Waals surface area contributed by atoms with Crippen molar-refractivity contribution in [1.82, 2.24) is 14.5 Å². The molecule has 55 heavy (non-hydrogen) atoms. The van der Waals surface area contributed by atoms with E-state index in [1.54, 1.807) is 0 Å². The first kappa shape index (κ1) is 31.2. The first-order chi connectivity index (χ1) is 27.2. The van der Waals surface area contributed by atoms with Gasteiger partial charge in [0.05, 0.1) is 22.2 Å². The summed E-state index contributed by atoms with van der Waals surface area (Å²) < 4.78 is 2.36. The summed E-state index contributed by atoms with van der Waals surface area (Å²) in [6.45, 7) is 0. The second-order valence-electron chi connectivity index (χ2n) is 14.2. The summed E-state index contributed by atoms with van der Waals surface area (Å²) in [4.78, 5) is 10.2. The van der Waals surface area contributed by atoms with Gasteiger partial charge in [-0.1, -0.05) is 158 Å². The number of benzene rings is 9. The van der Waals surface area contributed by atoms with Crippen LogP contribution in [0.4, 0.5) is 0 Å². The summed E-state index contributed by atoms with van der Waals surface area (Å²) in [5.41, 5.74) is 12.4. The van der Waals surface area contributed by atoms with Gasteiger partial charge in [-0.3, -0.25) is 0 Å². The molecule has 11 rings (SSSR count). The Balaban J connectivity index is 0.900. The molecule has 0 aliphatic rings. The van der Waals surface area contributed by atoms with Crippen LogP contribution in [-0.2, 0) is 0 Å². The number of aromatic nitrogens is 3. The van der Waals surface area contributed by atoms with E-state index in [9.17, 15) is 0 Å². The molecule has 0 radical (unpaired) electrons. The van der Waals surface area contributed by atoms with Gasteiger partial charge in [-0.2, -0.15) is 0 Å². The van der Waals surface area contributed by atoms with E-state index in [0.29, 0.717) is 0 Å². The normalized spacial score (nSPS) is 11.6. The van der Waals surface area contributed by atoms with E-state index in [1.807, 2.05) is 6.07 Å². The average Bonchev–Trinajstić information content (AvgIpc) is 3.60. The first-order valence-electron chi connectivity index (χ1n) is 18.7. The number of nitrogens with zero attached hydrogens (tertiary/aromatic N) is 3. The minimum absolute atomic E-state index is 0.738. The van der Waals surface area contributed by atoms with E-state index in [0.717, 1.165) is 44.6 Å². The van der Waals surface area contributed by atoms with Crippen LogP contribution in [0.3, 0.4) is 0 Å². The van der Waals surface area contributed by atoms with Gasteiger partial charge in [0.15, 0.2) is 5.82 Å². The molecule has 256 valence electrons. The molecule has 0 atom stereocenters. The topological polar surface area (TPSA) is 30.7 Å². The quantitative estimate of drug-likeness (QED) is 0.179. The van der Waals surface area contributed by atoms with E-state index in [-0.39, 0.29) is 0 Å². The maximum Gasteiger partial charge on any atom is 0.161 e. The summed E-state index contributed by atoms with van der Waals surface area (Å²) in [6.07, 6.45) is 0. The van der Waals surface area contributed by atoms with Crippen molar-refractivity contribution in [3.63, 3.8) is 0 Å². The molecule has 0 spiro atoms. The van der Waals surface area contributed by atoms with Crippen LogP contribution < -0.4 is 0 Å². The van der Waals surface area contributed by atoms with Gasteiger partial charge in [0.1, 0.15) is 0 Å². The molecule has 0 amide bonds. The van der Waals surface area contributed by atoms with Crippen molar-refractivity contribution in [2.24, 2.45) is 0 Å². The van der Waals surface area contributed by atoms with E-state index in [4.69, 9.17) is 9.97 Å². The molecule has 0 aliphatic heterocycles. The maximum absolute atomic E-state index is 5.20. The van der Waals surface area contributed by atoms with Crippen LogP contribution in [0.5, 0.6) is 0 Å². The third-order valence-corrected chi connectivity index (χ3v) is 11.0. The van der Waals surface area contributed by atoms with Crippen molar-refractivity contribution in [3.8, 4) is 50.6 Å². The van der Waals surface area contributed by atoms with E-state index < -0.39 is 0 Å². The van der Waals surface area contributed by atoms with Crippen LogP contribution >= 0.6 is 0 Å². The molecule has 0 bridgehead atoms. The second-order valence-corrected chi connectivity index (χ2v) is 14.2. The molecule has 11 aromatic rings. The van der Waals surface area contributed by atoms with E-state index in [1.165, 1.54) is 60.2 Å². The Morgan fingerprint density at radius 3 is 1.51 bits per heavy atom. The minimum Gasteiger partial charge on any atom is -0.309 e. The zero-order chi connectivity index (χ0) is 36.3. The summed E-state index contributed by atoms with van der Waals surface area (Å²) in [6, 6.07) is 71.6. The van der Waals surface area contributed by atoms with Crippen LogP contribution in [-0.4, -0.2) is 14.5 Å². The van der Waals surface area contributed by atoms with Crippen molar-refractivity contribution in [1.29, 1.82) is 0 Å². The predicted octanol–water partition coefficient (Wildman–Crippen LogP) is 13.7. The molecule has 0 fully saturated rings. The lowest BCUT2D eigenvalue weighted by molar-refractivity contribution is 1.18. The Labute approximate surface area is 318 Å². The van der Waals surface area contributed by atoms with Gasteiger partial charge in [-0.05, 0) is 86.3 Å². The largest absolute Gasteiger partial charge is 0.309 e. The zero-order valence-corrected chi connectivity index (χ0v) is 29.9. The fourth-order valence-corrected chi connectivity index (χ4v) is 8.27. The van der Waals surface area contributed by atoms with Gasteiger partial charge in [0.2, 0.25) is 0 Å². The van der Waals surface area contributed by atoms with Gasteiger partial charge < -0.3 is 4.57 Å². The summed E-state index contributed by atoms with van der Waals surface area (Å²) in [7, 11) is 0. The average molecular weight is 700 g/mol. The van der Waals surface area contributed by atoms with E-state index >= 15 is 0 Å². The number of para-hydroxylation sites is 3. The molecule has 3 nitrogen and oxygen atoms in total. The van der Waals surface area contributed by atoms with Gasteiger partial charge in [0.25, 0.3) is 0 Å². The number of fused-ring (bicyclic) bond motifs is 6. The Morgan fingerprint density at radius 2 is 0.836 bits per heavy atom. The van der Waals surface area contributed by atoms with Crippen LogP contribution in [0.2, 0.25) is 0 Å². The van der Waals surface area contributed by atoms with Crippen LogP contribution in [0.25, 0.3) is 105 Å². The molecule has 0 unspecified atom stereocenters. The van der Waals surface area contributed by atoms with Crippen molar-refractivity contribution >= 4 is 54.3 Å². The Morgan fingerprint density at radius 1 is 0.327 bits per heavy atom. The SMILES string of the molecule is c1ccc2c(-c3nc(-c4ccc(-c5ccc6cc(-c7ccc(-n8c9ccccc9c9ccccc98)cc7)ccc6c5)cc4)c4ccccc4n3)cccc2c1. The number of rotatable bonds is 5. The standard InChI is InChI=1S/C52H33N3/c1-2-12-43-36(10-1)11-9-16-46(43)52-53-48-17-6-3-15-47(48)51(54-52)37-22-20-34(21-23-37)38-24-26-41-33-39(25-27-40(41)32-38)35-28-30-42(31-29-35)55-49-18-7-4-13-44(49)45-14-5-8-19-50(45)55/h1-33H. The Bertz CT molecular complexity index is 3190. The molecule has 2 heterocycles. The fraction of sp³-hybridized carbons (Fsp3) is 0. The maximum atomic E-state index is 5.20. The highest BCUT2D eigenvalue weighted by Gasteiger charge is 2.15. The van der Waals surface area contributed by atoms with Crippen LogP contribution in [0.15, 0.2) is 200 Å². The van der Waals surface area contributed by atoms with Crippen LogP contribution in [0, 0.1) is 0 Å². The van der Waals surface area contributed by atoms with Gasteiger partial charge in [0, 0.05) is 33.0 Å². The van der Waals surface area contributed by atoms with Crippen LogP contribution in [0.1, 0.15) is 0 Å². The molecule has 9 aromatic carbocycles. The zero-order valence-electron chi connectivity index (χ0n) is 29.9. The summed E-state index contributed by atoms with van der Waals surface area (Å²) in [5.74, 6) is 0.738.